The summed E-state index contributed by atoms with van der Waals surface area (Å²) >= 11 is 5.68. The van der Waals surface area contributed by atoms with Gasteiger partial charge in [-0.1, -0.05) is 17.7 Å². The van der Waals surface area contributed by atoms with Crippen molar-refractivity contribution in [1.29, 1.82) is 0 Å². The predicted molar refractivity (Wildman–Crippen MR) is 70.6 cm³/mol. The molecule has 0 fully saturated rings. The second kappa shape index (κ2) is 5.40. The molecule has 0 aliphatic carbocycles. The van der Waals surface area contributed by atoms with Gasteiger partial charge in [0.2, 0.25) is 0 Å². The predicted octanol–water partition coefficient (Wildman–Crippen LogP) is 2.75. The van der Waals surface area contributed by atoms with Gasteiger partial charge in [-0.3, -0.25) is 9.89 Å². The Morgan fingerprint density at radius 1 is 1.47 bits per heavy atom. The molecular formula is C13H13ClFN3O. The molecule has 0 atom stereocenters. The molecule has 2 rings (SSSR count). The average molecular weight is 282 g/mol. The van der Waals surface area contributed by atoms with Gasteiger partial charge < -0.3 is 5.32 Å². The Balaban J connectivity index is 2.06. The van der Waals surface area contributed by atoms with Gasteiger partial charge in [0, 0.05) is 12.2 Å². The normalized spacial score (nSPS) is 10.5. The van der Waals surface area contributed by atoms with Gasteiger partial charge in [0.25, 0.3) is 5.91 Å². The van der Waals surface area contributed by atoms with Crippen LogP contribution in [0.25, 0.3) is 0 Å². The highest BCUT2D eigenvalue weighted by Crippen LogP contribution is 2.16. The quantitative estimate of drug-likeness (QED) is 0.909. The largest absolute Gasteiger partial charge is 0.348 e. The number of rotatable bonds is 3. The van der Waals surface area contributed by atoms with Gasteiger partial charge in [0.1, 0.15) is 5.82 Å². The number of hydrogen-bond donors (Lipinski definition) is 2. The number of amides is 1. The summed E-state index contributed by atoms with van der Waals surface area (Å²) in [6.45, 7) is 3.82. The van der Waals surface area contributed by atoms with E-state index >= 15 is 0 Å². The van der Waals surface area contributed by atoms with Crippen LogP contribution < -0.4 is 5.32 Å². The Bertz CT molecular complexity index is 605. The van der Waals surface area contributed by atoms with Gasteiger partial charge in [0.05, 0.1) is 16.3 Å². The summed E-state index contributed by atoms with van der Waals surface area (Å²) in [5.41, 5.74) is 2.63. The lowest BCUT2D eigenvalue weighted by atomic mass is 10.1. The maximum absolute atomic E-state index is 13.0. The molecule has 2 aromatic rings. The summed E-state index contributed by atoms with van der Waals surface area (Å²) in [6.07, 6.45) is 0. The number of carbonyl (C=O) groups is 1. The van der Waals surface area contributed by atoms with E-state index in [0.29, 0.717) is 17.0 Å². The standard InChI is InChI=1S/C13H13ClFN3O/c1-7-12(8(2)18-17-7)13(19)16-6-9-3-4-11(15)10(14)5-9/h3-5H,6H2,1-2H3,(H,16,19)(H,17,18). The second-order valence-electron chi connectivity index (χ2n) is 4.24. The van der Waals surface area contributed by atoms with E-state index in [2.05, 4.69) is 15.5 Å². The Hall–Kier alpha value is -1.88. The molecule has 0 aliphatic heterocycles. The van der Waals surface area contributed by atoms with Crippen molar-refractivity contribution >= 4 is 17.5 Å². The van der Waals surface area contributed by atoms with E-state index in [0.717, 1.165) is 5.56 Å². The SMILES string of the molecule is Cc1n[nH]c(C)c1C(=O)NCc1ccc(F)c(Cl)c1. The first-order valence-electron chi connectivity index (χ1n) is 5.72. The molecule has 1 amide bonds. The van der Waals surface area contributed by atoms with Crippen molar-refractivity contribution in [2.24, 2.45) is 0 Å². The molecule has 1 aromatic heterocycles. The highest BCUT2D eigenvalue weighted by atomic mass is 35.5. The fourth-order valence-corrected chi connectivity index (χ4v) is 2.01. The summed E-state index contributed by atoms with van der Waals surface area (Å²) in [7, 11) is 0. The lowest BCUT2D eigenvalue weighted by molar-refractivity contribution is 0.0950. The average Bonchev–Trinajstić information content (AvgIpc) is 2.70. The molecule has 0 spiro atoms. The Kier molecular flexibility index (Phi) is 3.85. The van der Waals surface area contributed by atoms with Crippen LogP contribution in [0.3, 0.4) is 0 Å². The van der Waals surface area contributed by atoms with E-state index in [1.165, 1.54) is 12.1 Å². The molecule has 100 valence electrons. The van der Waals surface area contributed by atoms with E-state index in [4.69, 9.17) is 11.6 Å². The van der Waals surface area contributed by atoms with Crippen molar-refractivity contribution < 1.29 is 9.18 Å². The summed E-state index contributed by atoms with van der Waals surface area (Å²) in [5.74, 6) is -0.692. The number of aromatic amines is 1. The Morgan fingerprint density at radius 3 is 2.79 bits per heavy atom. The molecule has 0 aliphatic rings. The summed E-state index contributed by atoms with van der Waals surface area (Å²) < 4.78 is 13.0. The number of hydrogen-bond acceptors (Lipinski definition) is 2. The molecule has 0 radical (unpaired) electrons. The van der Waals surface area contributed by atoms with Crippen molar-refractivity contribution in [3.63, 3.8) is 0 Å². The Morgan fingerprint density at radius 2 is 2.21 bits per heavy atom. The topological polar surface area (TPSA) is 57.8 Å². The fourth-order valence-electron chi connectivity index (χ4n) is 1.81. The van der Waals surface area contributed by atoms with Crippen LogP contribution in [0.1, 0.15) is 27.3 Å². The molecule has 0 saturated carbocycles. The number of benzene rings is 1. The molecule has 0 bridgehead atoms. The summed E-state index contributed by atoms with van der Waals surface area (Å²) in [4.78, 5) is 12.0. The van der Waals surface area contributed by atoms with E-state index in [1.54, 1.807) is 19.9 Å². The number of H-pyrrole nitrogens is 1. The van der Waals surface area contributed by atoms with Crippen LogP contribution in [-0.4, -0.2) is 16.1 Å². The molecule has 0 unspecified atom stereocenters. The first-order valence-corrected chi connectivity index (χ1v) is 6.10. The highest BCUT2D eigenvalue weighted by molar-refractivity contribution is 6.30. The first kappa shape index (κ1) is 13.5. The molecule has 1 heterocycles. The maximum Gasteiger partial charge on any atom is 0.255 e. The zero-order chi connectivity index (χ0) is 14.0. The molecule has 0 saturated heterocycles. The minimum Gasteiger partial charge on any atom is -0.348 e. The van der Waals surface area contributed by atoms with Crippen LogP contribution in [0, 0.1) is 19.7 Å². The molecular weight excluding hydrogens is 269 g/mol. The molecule has 19 heavy (non-hydrogen) atoms. The number of nitrogens with zero attached hydrogens (tertiary/aromatic N) is 1. The van der Waals surface area contributed by atoms with Crippen LogP contribution in [-0.2, 0) is 6.54 Å². The van der Waals surface area contributed by atoms with Crippen LogP contribution in [0.5, 0.6) is 0 Å². The number of aromatic nitrogens is 2. The van der Waals surface area contributed by atoms with Crippen molar-refractivity contribution in [1.82, 2.24) is 15.5 Å². The van der Waals surface area contributed by atoms with Crippen molar-refractivity contribution in [3.05, 3.63) is 51.6 Å². The van der Waals surface area contributed by atoms with E-state index in [9.17, 15) is 9.18 Å². The van der Waals surface area contributed by atoms with Gasteiger partial charge >= 0.3 is 0 Å². The zero-order valence-electron chi connectivity index (χ0n) is 10.6. The second-order valence-corrected chi connectivity index (χ2v) is 4.65. The minimum absolute atomic E-state index is 0.0439. The first-order chi connectivity index (χ1) is 8.99. The van der Waals surface area contributed by atoms with Crippen LogP contribution in [0.4, 0.5) is 4.39 Å². The van der Waals surface area contributed by atoms with Gasteiger partial charge in [-0.2, -0.15) is 5.10 Å². The van der Waals surface area contributed by atoms with Crippen LogP contribution in [0.15, 0.2) is 18.2 Å². The lowest BCUT2D eigenvalue weighted by Crippen LogP contribution is -2.23. The molecule has 4 nitrogen and oxygen atoms in total. The third-order valence-corrected chi connectivity index (χ3v) is 3.08. The van der Waals surface area contributed by atoms with Crippen molar-refractivity contribution in [2.45, 2.75) is 20.4 Å². The summed E-state index contributed by atoms with van der Waals surface area (Å²) in [6, 6.07) is 4.35. The lowest BCUT2D eigenvalue weighted by Gasteiger charge is -2.06. The number of aryl methyl sites for hydroxylation is 2. The van der Waals surface area contributed by atoms with Crippen molar-refractivity contribution in [3.8, 4) is 0 Å². The van der Waals surface area contributed by atoms with Gasteiger partial charge in [0.15, 0.2) is 0 Å². The van der Waals surface area contributed by atoms with E-state index in [-0.39, 0.29) is 17.5 Å². The summed E-state index contributed by atoms with van der Waals surface area (Å²) in [5, 5.41) is 9.51. The van der Waals surface area contributed by atoms with Crippen LogP contribution >= 0.6 is 11.6 Å². The fraction of sp³-hybridized carbons (Fsp3) is 0.231. The maximum atomic E-state index is 13.0. The van der Waals surface area contributed by atoms with E-state index in [1.807, 2.05) is 0 Å². The number of halogens is 2. The van der Waals surface area contributed by atoms with E-state index < -0.39 is 5.82 Å². The minimum atomic E-state index is -0.474. The Labute approximate surface area is 115 Å². The van der Waals surface area contributed by atoms with Gasteiger partial charge in [-0.15, -0.1) is 0 Å². The number of nitrogens with one attached hydrogen (secondary N) is 2. The molecule has 1 aromatic carbocycles. The van der Waals surface area contributed by atoms with Crippen LogP contribution in [0.2, 0.25) is 5.02 Å². The zero-order valence-corrected chi connectivity index (χ0v) is 11.3. The molecule has 6 heteroatoms. The third kappa shape index (κ3) is 2.93. The molecule has 2 N–H and O–H groups in total. The smallest absolute Gasteiger partial charge is 0.255 e. The van der Waals surface area contributed by atoms with Crippen molar-refractivity contribution in [2.75, 3.05) is 0 Å². The van der Waals surface area contributed by atoms with Gasteiger partial charge in [-0.05, 0) is 31.5 Å². The van der Waals surface area contributed by atoms with Gasteiger partial charge in [-0.25, -0.2) is 4.39 Å². The third-order valence-electron chi connectivity index (χ3n) is 2.79. The highest BCUT2D eigenvalue weighted by Gasteiger charge is 2.14. The monoisotopic (exact) mass is 281 g/mol. The number of carbonyl (C=O) groups excluding carboxylic acids is 1.